The van der Waals surface area contributed by atoms with Crippen molar-refractivity contribution in [1.82, 2.24) is 26.2 Å². The van der Waals surface area contributed by atoms with Crippen LogP contribution in [0.15, 0.2) is 12.7 Å². The zero-order valence-corrected chi connectivity index (χ0v) is 30.1. The van der Waals surface area contributed by atoms with Crippen molar-refractivity contribution < 1.29 is 38.2 Å². The first kappa shape index (κ1) is 39.5. The average Bonchev–Trinajstić information content (AvgIpc) is 3.23. The van der Waals surface area contributed by atoms with Crippen LogP contribution in [0.2, 0.25) is 0 Å². The molecule has 1 saturated heterocycles. The summed E-state index contributed by atoms with van der Waals surface area (Å²) in [6, 6.07) is -3.02. The van der Waals surface area contributed by atoms with Gasteiger partial charge in [-0.25, -0.2) is 9.59 Å². The maximum Gasteiger partial charge on any atom is 0.408 e. The number of alkyl carbamates (subject to hydrolysis) is 2. The quantitative estimate of drug-likeness (QED) is 0.132. The number of ketones is 1. The first-order valence-corrected chi connectivity index (χ1v) is 16.4. The molecule has 4 N–H and O–H groups in total. The molecule has 13 heteroatoms. The highest BCUT2D eigenvalue weighted by Gasteiger charge is 2.70. The number of carbonyl (C=O) groups excluding carboxylic acids is 6. The number of hydrogen-bond acceptors (Lipinski definition) is 8. The topological polar surface area (TPSA) is 172 Å². The van der Waals surface area contributed by atoms with Gasteiger partial charge in [0.15, 0.2) is 0 Å². The molecule has 2 aliphatic rings. The number of piperidine rings is 1. The molecule has 0 radical (unpaired) electrons. The van der Waals surface area contributed by atoms with Crippen molar-refractivity contribution >= 4 is 35.7 Å². The first-order chi connectivity index (χ1) is 21.4. The third-order valence-corrected chi connectivity index (χ3v) is 8.36. The van der Waals surface area contributed by atoms with Crippen LogP contribution >= 0.6 is 0 Å². The highest BCUT2D eigenvalue weighted by molar-refractivity contribution is 6.38. The van der Waals surface area contributed by atoms with Crippen molar-refractivity contribution in [2.24, 2.45) is 22.7 Å². The summed E-state index contributed by atoms with van der Waals surface area (Å²) in [5.74, 6) is -2.73. The maximum atomic E-state index is 14.1. The molecule has 0 bridgehead atoms. The van der Waals surface area contributed by atoms with Crippen LogP contribution < -0.4 is 21.3 Å². The van der Waals surface area contributed by atoms with Gasteiger partial charge in [-0.3, -0.25) is 19.2 Å². The van der Waals surface area contributed by atoms with Crippen LogP contribution in [0.4, 0.5) is 9.59 Å². The Morgan fingerprint density at radius 3 is 1.96 bits per heavy atom. The highest BCUT2D eigenvalue weighted by atomic mass is 16.6. The number of allylic oxidation sites excluding steroid dienone is 1. The summed E-state index contributed by atoms with van der Waals surface area (Å²) in [5.41, 5.74) is -2.33. The largest absolute Gasteiger partial charge is 0.444 e. The van der Waals surface area contributed by atoms with Gasteiger partial charge in [-0.1, -0.05) is 40.7 Å². The number of likely N-dealkylation sites (tertiary alicyclic amines) is 1. The van der Waals surface area contributed by atoms with Gasteiger partial charge in [0, 0.05) is 19.6 Å². The minimum atomic E-state index is -1.14. The molecule has 1 aliphatic carbocycles. The standard InChI is InChI=1S/C34H57N5O8/c1-13-14-16-21(24(40)27(42)35-17-15-18-36-29(44)46-32(5,6)7)37-26(41)23-22-20(34(22,11)12)19-39(23)28(43)25(31(2,3)4)38-30(45)47-33(8,9)10/h13,20-23,25H,1,14-19H2,2-12H3,(H,35,42)(H,36,44)(H,37,41)(H,38,45). The molecule has 0 spiro atoms. The number of ether oxygens (including phenoxy) is 2. The predicted molar refractivity (Wildman–Crippen MR) is 177 cm³/mol. The molecule has 13 nitrogen and oxygen atoms in total. The van der Waals surface area contributed by atoms with Crippen LogP contribution in [0, 0.1) is 22.7 Å². The Morgan fingerprint density at radius 2 is 1.43 bits per heavy atom. The number of nitrogens with zero attached hydrogens (tertiary/aromatic N) is 1. The molecule has 0 aromatic heterocycles. The van der Waals surface area contributed by atoms with Crippen LogP contribution in [-0.4, -0.2) is 89.6 Å². The van der Waals surface area contributed by atoms with Crippen molar-refractivity contribution in [2.45, 2.75) is 125 Å². The molecule has 1 saturated carbocycles. The van der Waals surface area contributed by atoms with E-state index in [2.05, 4.69) is 27.8 Å². The molecule has 5 unspecified atom stereocenters. The summed E-state index contributed by atoms with van der Waals surface area (Å²) in [4.78, 5) is 80.1. The molecule has 1 aliphatic heterocycles. The van der Waals surface area contributed by atoms with Crippen molar-refractivity contribution in [3.63, 3.8) is 0 Å². The van der Waals surface area contributed by atoms with Gasteiger partial charge in [0.25, 0.3) is 5.91 Å². The van der Waals surface area contributed by atoms with Crippen LogP contribution in [0.3, 0.4) is 0 Å². The van der Waals surface area contributed by atoms with Gasteiger partial charge < -0.3 is 35.6 Å². The second-order valence-electron chi connectivity index (χ2n) is 16.2. The molecule has 0 aromatic rings. The van der Waals surface area contributed by atoms with Gasteiger partial charge in [-0.2, -0.15) is 0 Å². The van der Waals surface area contributed by atoms with E-state index >= 15 is 0 Å². The lowest BCUT2D eigenvalue weighted by Crippen LogP contribution is -2.60. The molecular weight excluding hydrogens is 606 g/mol. The number of hydrogen-bond donors (Lipinski definition) is 4. The summed E-state index contributed by atoms with van der Waals surface area (Å²) in [6.45, 7) is 24.3. The number of fused-ring (bicyclic) bond motifs is 1. The Balaban J connectivity index is 2.15. The Kier molecular flexibility index (Phi) is 12.7. The Morgan fingerprint density at radius 1 is 0.872 bits per heavy atom. The second kappa shape index (κ2) is 15.1. The zero-order chi connectivity index (χ0) is 36.1. The van der Waals surface area contributed by atoms with Gasteiger partial charge in [0.05, 0.1) is 6.04 Å². The predicted octanol–water partition coefficient (Wildman–Crippen LogP) is 3.46. The van der Waals surface area contributed by atoms with Crippen LogP contribution in [0.25, 0.3) is 0 Å². The first-order valence-electron chi connectivity index (χ1n) is 16.4. The van der Waals surface area contributed by atoms with Gasteiger partial charge in [0.1, 0.15) is 23.3 Å². The summed E-state index contributed by atoms with van der Waals surface area (Å²) in [7, 11) is 0. The van der Waals surface area contributed by atoms with Crippen molar-refractivity contribution in [3.05, 3.63) is 12.7 Å². The van der Waals surface area contributed by atoms with Gasteiger partial charge >= 0.3 is 12.2 Å². The van der Waals surface area contributed by atoms with E-state index in [1.165, 1.54) is 4.90 Å². The minimum absolute atomic E-state index is 0.0595. The van der Waals surface area contributed by atoms with Crippen molar-refractivity contribution in [3.8, 4) is 0 Å². The van der Waals surface area contributed by atoms with E-state index < -0.39 is 70.4 Å². The number of amides is 5. The molecule has 1 heterocycles. The smallest absolute Gasteiger partial charge is 0.408 e. The maximum absolute atomic E-state index is 14.1. The summed E-state index contributed by atoms with van der Waals surface area (Å²) < 4.78 is 10.6. The molecule has 2 fully saturated rings. The van der Waals surface area contributed by atoms with Crippen molar-refractivity contribution in [2.75, 3.05) is 19.6 Å². The molecular formula is C34H57N5O8. The molecule has 5 atom stereocenters. The highest BCUT2D eigenvalue weighted by Crippen LogP contribution is 2.65. The van der Waals surface area contributed by atoms with Crippen LogP contribution in [0.5, 0.6) is 0 Å². The summed E-state index contributed by atoms with van der Waals surface area (Å²) >= 11 is 0. The number of Topliss-reactive ketones (excluding diaryl/α,β-unsaturated/α-hetero) is 1. The van der Waals surface area contributed by atoms with E-state index in [0.717, 1.165) is 0 Å². The average molecular weight is 664 g/mol. The second-order valence-corrected chi connectivity index (χ2v) is 16.2. The summed E-state index contributed by atoms with van der Waals surface area (Å²) in [5, 5.41) is 10.6. The summed E-state index contributed by atoms with van der Waals surface area (Å²) in [6.07, 6.45) is 1.13. The van der Waals surface area contributed by atoms with E-state index in [0.29, 0.717) is 19.4 Å². The normalized spacial score (nSPS) is 21.3. The van der Waals surface area contributed by atoms with E-state index in [-0.39, 0.29) is 36.8 Å². The minimum Gasteiger partial charge on any atom is -0.444 e. The lowest BCUT2D eigenvalue weighted by Gasteiger charge is -2.38. The molecule has 0 aromatic carbocycles. The Labute approximate surface area is 279 Å². The Bertz CT molecular complexity index is 1210. The number of carbonyl (C=O) groups is 6. The van der Waals surface area contributed by atoms with E-state index in [4.69, 9.17) is 9.47 Å². The third-order valence-electron chi connectivity index (χ3n) is 8.36. The molecule has 266 valence electrons. The lowest BCUT2D eigenvalue weighted by atomic mass is 9.85. The van der Waals surface area contributed by atoms with E-state index in [9.17, 15) is 28.8 Å². The fourth-order valence-electron chi connectivity index (χ4n) is 5.90. The van der Waals surface area contributed by atoms with Crippen molar-refractivity contribution in [1.29, 1.82) is 0 Å². The molecule has 47 heavy (non-hydrogen) atoms. The lowest BCUT2D eigenvalue weighted by molar-refractivity contribution is -0.145. The molecule has 5 amide bonds. The fourth-order valence-corrected chi connectivity index (χ4v) is 5.90. The third kappa shape index (κ3) is 11.2. The number of rotatable bonds is 13. The Hall–Kier alpha value is -3.64. The van der Waals surface area contributed by atoms with E-state index in [1.54, 1.807) is 47.6 Å². The number of nitrogens with one attached hydrogen (secondary N) is 4. The van der Waals surface area contributed by atoms with Gasteiger partial charge in [0.2, 0.25) is 17.6 Å². The SMILES string of the molecule is C=CCCC(NC(=O)C1C2C(CN1C(=O)C(NC(=O)OC(C)(C)C)C(C)(C)C)C2(C)C)C(=O)C(=O)NCCCNC(=O)OC(C)(C)C. The monoisotopic (exact) mass is 663 g/mol. The van der Waals surface area contributed by atoms with Gasteiger partial charge in [-0.05, 0) is 83.5 Å². The fraction of sp³-hybridized carbons (Fsp3) is 0.765. The van der Waals surface area contributed by atoms with Gasteiger partial charge in [-0.15, -0.1) is 6.58 Å². The molecule has 2 rings (SSSR count). The zero-order valence-electron chi connectivity index (χ0n) is 30.1. The van der Waals surface area contributed by atoms with Crippen LogP contribution in [0.1, 0.15) is 95.4 Å². The van der Waals surface area contributed by atoms with E-state index in [1.807, 2.05) is 34.6 Å². The van der Waals surface area contributed by atoms with Crippen LogP contribution in [-0.2, 0) is 28.7 Å².